The first kappa shape index (κ1) is 14.2. The number of likely N-dealkylation sites (N-methyl/N-ethyl adjacent to an activating group) is 1. The molecule has 3 heterocycles. The first-order valence-electron chi connectivity index (χ1n) is 7.19. The lowest BCUT2D eigenvalue weighted by molar-refractivity contribution is -0.0294. The van der Waals surface area contributed by atoms with Crippen LogP contribution in [0.4, 0.5) is 5.82 Å². The van der Waals surface area contributed by atoms with Gasteiger partial charge in [-0.1, -0.05) is 6.92 Å². The number of aliphatic hydroxyl groups is 1. The second-order valence-electron chi connectivity index (χ2n) is 5.51. The second kappa shape index (κ2) is 5.59. The maximum Gasteiger partial charge on any atom is 0.147 e. The quantitative estimate of drug-likeness (QED) is 0.858. The third-order valence-corrected chi connectivity index (χ3v) is 4.09. The van der Waals surface area contributed by atoms with Crippen LogP contribution in [0.1, 0.15) is 19.6 Å². The average Bonchev–Trinajstić information content (AvgIpc) is 3.04. The Kier molecular flexibility index (Phi) is 3.79. The van der Waals surface area contributed by atoms with Crippen LogP contribution in [-0.4, -0.2) is 56.9 Å². The monoisotopic (exact) mass is 291 g/mol. The van der Waals surface area contributed by atoms with E-state index in [1.807, 2.05) is 23.9 Å². The zero-order chi connectivity index (χ0) is 15.0. The zero-order valence-electron chi connectivity index (χ0n) is 12.3. The number of aliphatic hydroxyl groups excluding tert-OH is 1. The Morgan fingerprint density at radius 3 is 3.10 bits per heavy atom. The molecule has 114 valence electrons. The van der Waals surface area contributed by atoms with Crippen molar-refractivity contribution in [3.8, 4) is 0 Å². The van der Waals surface area contributed by atoms with Crippen LogP contribution in [0, 0.1) is 0 Å². The number of hydrogen-bond donors (Lipinski definition) is 2. The number of nitrogen functional groups attached to an aromatic ring is 1. The molecule has 0 radical (unpaired) electrons. The van der Waals surface area contributed by atoms with Gasteiger partial charge in [0.25, 0.3) is 0 Å². The minimum atomic E-state index is -0.472. The normalized spacial score (nSPS) is 26.0. The Balaban J connectivity index is 1.83. The molecule has 1 fully saturated rings. The van der Waals surface area contributed by atoms with Crippen molar-refractivity contribution in [3.05, 3.63) is 18.6 Å². The summed E-state index contributed by atoms with van der Waals surface area (Å²) in [4.78, 5) is 10.4. The molecule has 0 spiro atoms. The zero-order valence-corrected chi connectivity index (χ0v) is 12.3. The van der Waals surface area contributed by atoms with Crippen molar-refractivity contribution >= 4 is 16.9 Å². The Morgan fingerprint density at radius 2 is 2.33 bits per heavy atom. The number of nitrogens with two attached hydrogens (primary N) is 1. The van der Waals surface area contributed by atoms with Gasteiger partial charge < -0.3 is 25.0 Å². The molecule has 0 amide bonds. The fraction of sp³-hybridized carbons (Fsp3) is 0.571. The van der Waals surface area contributed by atoms with Crippen molar-refractivity contribution in [2.24, 2.45) is 0 Å². The van der Waals surface area contributed by atoms with Crippen LogP contribution in [0.25, 0.3) is 11.0 Å². The first-order valence-corrected chi connectivity index (χ1v) is 7.19. The Morgan fingerprint density at radius 1 is 1.52 bits per heavy atom. The van der Waals surface area contributed by atoms with E-state index in [2.05, 4.69) is 21.8 Å². The molecule has 1 saturated heterocycles. The molecule has 0 aromatic carbocycles. The van der Waals surface area contributed by atoms with Crippen LogP contribution in [0.15, 0.2) is 18.6 Å². The van der Waals surface area contributed by atoms with Crippen LogP contribution >= 0.6 is 0 Å². The maximum absolute atomic E-state index is 10.2. The van der Waals surface area contributed by atoms with E-state index in [0.717, 1.165) is 17.6 Å². The van der Waals surface area contributed by atoms with E-state index in [9.17, 15) is 5.11 Å². The summed E-state index contributed by atoms with van der Waals surface area (Å²) in [5.74, 6) is 0.458. The third-order valence-electron chi connectivity index (χ3n) is 4.09. The van der Waals surface area contributed by atoms with Gasteiger partial charge in [0.05, 0.1) is 17.6 Å². The lowest BCUT2D eigenvalue weighted by Crippen LogP contribution is -2.34. The molecule has 3 N–H and O–H groups in total. The lowest BCUT2D eigenvalue weighted by atomic mass is 10.1. The van der Waals surface area contributed by atoms with E-state index < -0.39 is 6.10 Å². The summed E-state index contributed by atoms with van der Waals surface area (Å²) in [6, 6.07) is 1.88. The molecule has 3 rings (SSSR count). The van der Waals surface area contributed by atoms with E-state index in [1.165, 1.54) is 6.33 Å². The predicted octanol–water partition coefficient (Wildman–Crippen LogP) is 0.614. The van der Waals surface area contributed by atoms with Crippen molar-refractivity contribution in [1.82, 2.24) is 19.4 Å². The van der Waals surface area contributed by atoms with Crippen LogP contribution in [0.3, 0.4) is 0 Å². The lowest BCUT2D eigenvalue weighted by Gasteiger charge is -2.21. The Hall–Kier alpha value is -1.70. The molecule has 1 aliphatic heterocycles. The number of hydrogen-bond acceptors (Lipinski definition) is 6. The predicted molar refractivity (Wildman–Crippen MR) is 79.6 cm³/mol. The Bertz CT molecular complexity index is 629. The standard InChI is InChI=1S/C14H21N5O2/c1-3-18(2)7-11-10(20)6-12(21-11)19-5-4-9-13(15)16-8-17-14(9)19/h4-5,8,10-12,20H,3,6-7H2,1-2H3,(H2,15,16,17). The van der Waals surface area contributed by atoms with Gasteiger partial charge in [-0.05, 0) is 19.7 Å². The molecule has 7 nitrogen and oxygen atoms in total. The molecule has 0 bridgehead atoms. The SMILES string of the molecule is CCN(C)CC1OC(n2ccc3c(N)ncnc32)CC1O. The summed E-state index contributed by atoms with van der Waals surface area (Å²) in [5.41, 5.74) is 6.59. The Labute approximate surface area is 123 Å². The van der Waals surface area contributed by atoms with Crippen LogP contribution in [0.2, 0.25) is 0 Å². The van der Waals surface area contributed by atoms with Crippen molar-refractivity contribution in [2.75, 3.05) is 25.9 Å². The molecular weight excluding hydrogens is 270 g/mol. The molecule has 21 heavy (non-hydrogen) atoms. The number of ether oxygens (including phenoxy) is 1. The van der Waals surface area contributed by atoms with Crippen LogP contribution in [0.5, 0.6) is 0 Å². The summed E-state index contributed by atoms with van der Waals surface area (Å²) in [7, 11) is 2.02. The molecule has 7 heteroatoms. The highest BCUT2D eigenvalue weighted by Gasteiger charge is 2.35. The summed E-state index contributed by atoms with van der Waals surface area (Å²) in [5, 5.41) is 11.0. The average molecular weight is 291 g/mol. The first-order chi connectivity index (χ1) is 10.1. The molecule has 3 atom stereocenters. The number of anilines is 1. The maximum atomic E-state index is 10.2. The minimum absolute atomic E-state index is 0.184. The largest absolute Gasteiger partial charge is 0.390 e. The van der Waals surface area contributed by atoms with E-state index in [1.54, 1.807) is 0 Å². The van der Waals surface area contributed by atoms with Crippen LogP contribution in [-0.2, 0) is 4.74 Å². The van der Waals surface area contributed by atoms with Gasteiger partial charge in [-0.2, -0.15) is 0 Å². The van der Waals surface area contributed by atoms with Crippen LogP contribution < -0.4 is 5.73 Å². The van der Waals surface area contributed by atoms with Crippen molar-refractivity contribution in [2.45, 2.75) is 31.8 Å². The number of nitrogens with zero attached hydrogens (tertiary/aromatic N) is 4. The van der Waals surface area contributed by atoms with Gasteiger partial charge in [0.1, 0.15) is 24.0 Å². The van der Waals surface area contributed by atoms with Crippen molar-refractivity contribution < 1.29 is 9.84 Å². The number of aromatic nitrogens is 3. The van der Waals surface area contributed by atoms with Crippen molar-refractivity contribution in [3.63, 3.8) is 0 Å². The molecule has 0 aliphatic carbocycles. The van der Waals surface area contributed by atoms with Gasteiger partial charge in [-0.25, -0.2) is 9.97 Å². The van der Waals surface area contributed by atoms with E-state index in [4.69, 9.17) is 10.5 Å². The fourth-order valence-electron chi connectivity index (χ4n) is 2.71. The summed E-state index contributed by atoms with van der Waals surface area (Å²) >= 11 is 0. The highest BCUT2D eigenvalue weighted by atomic mass is 16.5. The number of fused-ring (bicyclic) bond motifs is 1. The van der Waals surface area contributed by atoms with Gasteiger partial charge in [-0.15, -0.1) is 0 Å². The highest BCUT2D eigenvalue weighted by Crippen LogP contribution is 2.32. The van der Waals surface area contributed by atoms with E-state index in [-0.39, 0.29) is 12.3 Å². The van der Waals surface area contributed by atoms with E-state index in [0.29, 0.717) is 18.8 Å². The summed E-state index contributed by atoms with van der Waals surface area (Å²) in [6.45, 7) is 3.72. The molecule has 2 aromatic rings. The number of rotatable bonds is 4. The van der Waals surface area contributed by atoms with Gasteiger partial charge in [0.15, 0.2) is 0 Å². The second-order valence-corrected chi connectivity index (χ2v) is 5.51. The fourth-order valence-corrected chi connectivity index (χ4v) is 2.71. The van der Waals surface area contributed by atoms with Gasteiger partial charge in [0.2, 0.25) is 0 Å². The molecule has 0 saturated carbocycles. The van der Waals surface area contributed by atoms with Gasteiger partial charge in [-0.3, -0.25) is 0 Å². The molecule has 1 aliphatic rings. The van der Waals surface area contributed by atoms with Gasteiger partial charge in [0, 0.05) is 19.2 Å². The van der Waals surface area contributed by atoms with E-state index >= 15 is 0 Å². The smallest absolute Gasteiger partial charge is 0.147 e. The van der Waals surface area contributed by atoms with Crippen molar-refractivity contribution in [1.29, 1.82) is 0 Å². The topological polar surface area (TPSA) is 89.4 Å². The summed E-state index contributed by atoms with van der Waals surface area (Å²) in [6.07, 6.45) is 3.01. The highest BCUT2D eigenvalue weighted by molar-refractivity contribution is 5.86. The third kappa shape index (κ3) is 2.59. The minimum Gasteiger partial charge on any atom is -0.390 e. The van der Waals surface area contributed by atoms with Gasteiger partial charge >= 0.3 is 0 Å². The summed E-state index contributed by atoms with van der Waals surface area (Å²) < 4.78 is 7.93. The molecule has 2 aromatic heterocycles. The molecular formula is C14H21N5O2. The molecule has 3 unspecified atom stereocenters.